The summed E-state index contributed by atoms with van der Waals surface area (Å²) in [4.78, 5) is 36.6. The van der Waals surface area contributed by atoms with Crippen molar-refractivity contribution in [2.75, 3.05) is 6.54 Å². The zero-order valence-corrected chi connectivity index (χ0v) is 17.7. The molecule has 2 amide bonds. The number of carbonyl (C=O) groups is 3. The summed E-state index contributed by atoms with van der Waals surface area (Å²) in [7, 11) is 0. The Morgan fingerprint density at radius 1 is 0.879 bits per heavy atom. The van der Waals surface area contributed by atoms with Crippen LogP contribution < -0.4 is 15.4 Å². The Hall–Kier alpha value is -3.50. The molecule has 0 saturated carbocycles. The van der Waals surface area contributed by atoms with Gasteiger partial charge in [-0.2, -0.15) is 0 Å². The van der Waals surface area contributed by atoms with Gasteiger partial charge in [0.1, 0.15) is 17.4 Å². The molecule has 33 heavy (non-hydrogen) atoms. The molecule has 0 aliphatic heterocycles. The van der Waals surface area contributed by atoms with Crippen LogP contribution in [0.5, 0.6) is 5.75 Å². The molecule has 2 rings (SSSR count). The van der Waals surface area contributed by atoms with Crippen molar-refractivity contribution in [3.8, 4) is 5.75 Å². The molecule has 6 nitrogen and oxygen atoms in total. The molecular formula is C22H21F5N2O4. The van der Waals surface area contributed by atoms with Gasteiger partial charge in [0, 0.05) is 6.54 Å². The molecule has 0 aliphatic carbocycles. The van der Waals surface area contributed by atoms with E-state index in [-0.39, 0.29) is 25.3 Å². The highest BCUT2D eigenvalue weighted by Crippen LogP contribution is 2.23. The molecule has 0 heterocycles. The number of amides is 2. The Bertz CT molecular complexity index is 1000. The third-order valence-electron chi connectivity index (χ3n) is 4.37. The van der Waals surface area contributed by atoms with Crippen molar-refractivity contribution < 1.29 is 41.1 Å². The summed E-state index contributed by atoms with van der Waals surface area (Å²) in [5.74, 6) is -14.6. The van der Waals surface area contributed by atoms with Crippen molar-refractivity contribution in [3.05, 3.63) is 65.0 Å². The second kappa shape index (κ2) is 11.4. The Morgan fingerprint density at radius 2 is 1.42 bits per heavy atom. The highest BCUT2D eigenvalue weighted by Gasteiger charge is 2.32. The fourth-order valence-electron chi connectivity index (χ4n) is 2.82. The zero-order valence-electron chi connectivity index (χ0n) is 17.7. The molecule has 0 aromatic heterocycles. The van der Waals surface area contributed by atoms with Crippen molar-refractivity contribution >= 4 is 17.8 Å². The Kier molecular flexibility index (Phi) is 8.89. The first kappa shape index (κ1) is 25.8. The lowest BCUT2D eigenvalue weighted by Crippen LogP contribution is -2.48. The van der Waals surface area contributed by atoms with E-state index in [2.05, 4.69) is 5.32 Å². The number of rotatable bonds is 9. The standard InChI is InChI=1S/C22H21F5N2O4/c1-11(2)10-13(21(31)28-9-8-14(30)33-12-6-4-3-5-7-12)29-22(32)15-16(23)18(25)20(27)19(26)17(15)24/h3-7,11,13H,8-10H2,1-2H3,(H,28,31)(H,29,32)/t13-/m0/s1. The van der Waals surface area contributed by atoms with E-state index >= 15 is 0 Å². The van der Waals surface area contributed by atoms with Crippen LogP contribution in [0.2, 0.25) is 0 Å². The maximum Gasteiger partial charge on any atom is 0.312 e. The molecule has 0 spiro atoms. The van der Waals surface area contributed by atoms with Gasteiger partial charge in [-0.3, -0.25) is 14.4 Å². The Balaban J connectivity index is 2.05. The molecule has 0 bridgehead atoms. The van der Waals surface area contributed by atoms with E-state index in [9.17, 15) is 36.3 Å². The number of halogens is 5. The molecular weight excluding hydrogens is 451 g/mol. The first-order valence-corrected chi connectivity index (χ1v) is 9.88. The number of benzene rings is 2. The number of nitrogens with one attached hydrogen (secondary N) is 2. The lowest BCUT2D eigenvalue weighted by Gasteiger charge is -2.20. The molecule has 2 aromatic carbocycles. The van der Waals surface area contributed by atoms with E-state index in [4.69, 9.17) is 4.74 Å². The normalized spacial score (nSPS) is 11.8. The predicted octanol–water partition coefficient (Wildman–Crippen LogP) is 3.64. The smallest absolute Gasteiger partial charge is 0.312 e. The van der Waals surface area contributed by atoms with Crippen molar-refractivity contribution in [3.63, 3.8) is 0 Å². The number of hydrogen-bond acceptors (Lipinski definition) is 4. The first-order chi connectivity index (χ1) is 15.5. The maximum absolute atomic E-state index is 13.9. The van der Waals surface area contributed by atoms with E-state index in [0.717, 1.165) is 0 Å². The summed E-state index contributed by atoms with van der Waals surface area (Å²) < 4.78 is 72.9. The molecule has 0 unspecified atom stereocenters. The fourth-order valence-corrected chi connectivity index (χ4v) is 2.82. The molecule has 178 valence electrons. The van der Waals surface area contributed by atoms with Crippen molar-refractivity contribution in [1.29, 1.82) is 0 Å². The zero-order chi connectivity index (χ0) is 24.7. The van der Waals surface area contributed by atoms with Crippen LogP contribution in [-0.2, 0) is 9.59 Å². The Labute approximate surface area is 186 Å². The fraction of sp³-hybridized carbons (Fsp3) is 0.318. The number of para-hydroxylation sites is 1. The average Bonchev–Trinajstić information content (AvgIpc) is 2.76. The highest BCUT2D eigenvalue weighted by atomic mass is 19.2. The summed E-state index contributed by atoms with van der Waals surface area (Å²) >= 11 is 0. The van der Waals surface area contributed by atoms with Crippen LogP contribution >= 0.6 is 0 Å². The van der Waals surface area contributed by atoms with Gasteiger partial charge in [0.2, 0.25) is 11.7 Å². The van der Waals surface area contributed by atoms with Crippen molar-refractivity contribution in [2.45, 2.75) is 32.7 Å². The first-order valence-electron chi connectivity index (χ1n) is 9.88. The minimum Gasteiger partial charge on any atom is -0.426 e. The molecule has 0 fully saturated rings. The second-order valence-corrected chi connectivity index (χ2v) is 7.43. The monoisotopic (exact) mass is 472 g/mol. The van der Waals surface area contributed by atoms with Gasteiger partial charge >= 0.3 is 5.97 Å². The highest BCUT2D eigenvalue weighted by molar-refractivity contribution is 5.98. The molecule has 0 radical (unpaired) electrons. The topological polar surface area (TPSA) is 84.5 Å². The predicted molar refractivity (Wildman–Crippen MR) is 107 cm³/mol. The molecule has 2 N–H and O–H groups in total. The summed E-state index contributed by atoms with van der Waals surface area (Å²) in [5.41, 5.74) is -1.70. The van der Waals surface area contributed by atoms with Crippen LogP contribution in [0.15, 0.2) is 30.3 Å². The third kappa shape index (κ3) is 6.74. The van der Waals surface area contributed by atoms with Crippen LogP contribution in [-0.4, -0.2) is 30.4 Å². The van der Waals surface area contributed by atoms with Crippen molar-refractivity contribution in [1.82, 2.24) is 10.6 Å². The summed E-state index contributed by atoms with van der Waals surface area (Å²) in [6.07, 6.45) is -0.234. The van der Waals surface area contributed by atoms with Crippen LogP contribution in [0.1, 0.15) is 37.0 Å². The maximum atomic E-state index is 13.9. The van der Waals surface area contributed by atoms with Crippen LogP contribution in [0.4, 0.5) is 22.0 Å². The van der Waals surface area contributed by atoms with E-state index in [0.29, 0.717) is 5.75 Å². The van der Waals surface area contributed by atoms with Crippen LogP contribution in [0, 0.1) is 35.0 Å². The molecule has 2 aromatic rings. The summed E-state index contributed by atoms with van der Waals surface area (Å²) in [6.45, 7) is 3.18. The number of ether oxygens (including phenoxy) is 1. The van der Waals surface area contributed by atoms with E-state index < -0.39 is 58.5 Å². The van der Waals surface area contributed by atoms with E-state index in [1.807, 2.05) is 5.32 Å². The number of hydrogen-bond donors (Lipinski definition) is 2. The largest absolute Gasteiger partial charge is 0.426 e. The Morgan fingerprint density at radius 3 is 1.97 bits per heavy atom. The number of esters is 1. The summed E-state index contributed by atoms with van der Waals surface area (Å²) in [6, 6.07) is 6.81. The lowest BCUT2D eigenvalue weighted by molar-refractivity contribution is -0.134. The van der Waals surface area contributed by atoms with Crippen molar-refractivity contribution in [2.24, 2.45) is 5.92 Å². The molecule has 0 saturated heterocycles. The third-order valence-corrected chi connectivity index (χ3v) is 4.37. The van der Waals surface area contributed by atoms with Gasteiger partial charge in [-0.05, 0) is 24.5 Å². The van der Waals surface area contributed by atoms with Gasteiger partial charge in [0.15, 0.2) is 23.3 Å². The van der Waals surface area contributed by atoms with Crippen LogP contribution in [0.25, 0.3) is 0 Å². The quantitative estimate of drug-likeness (QED) is 0.192. The van der Waals surface area contributed by atoms with E-state index in [1.54, 1.807) is 44.2 Å². The molecule has 0 aliphatic rings. The van der Waals surface area contributed by atoms with Gasteiger partial charge in [-0.1, -0.05) is 32.0 Å². The minimum absolute atomic E-state index is 0.0125. The lowest BCUT2D eigenvalue weighted by atomic mass is 10.0. The second-order valence-electron chi connectivity index (χ2n) is 7.43. The minimum atomic E-state index is -2.40. The molecule has 1 atom stereocenters. The summed E-state index contributed by atoms with van der Waals surface area (Å²) in [5, 5.41) is 4.37. The average molecular weight is 472 g/mol. The molecule has 11 heteroatoms. The van der Waals surface area contributed by atoms with Gasteiger partial charge in [0.05, 0.1) is 6.42 Å². The van der Waals surface area contributed by atoms with E-state index in [1.165, 1.54) is 0 Å². The van der Waals surface area contributed by atoms with Crippen LogP contribution in [0.3, 0.4) is 0 Å². The SMILES string of the molecule is CC(C)C[C@H](NC(=O)c1c(F)c(F)c(F)c(F)c1F)C(=O)NCCC(=O)Oc1ccccc1. The van der Waals surface area contributed by atoms with Gasteiger partial charge < -0.3 is 15.4 Å². The van der Waals surface area contributed by atoms with Gasteiger partial charge in [0.25, 0.3) is 5.91 Å². The van der Waals surface area contributed by atoms with Gasteiger partial charge in [-0.15, -0.1) is 0 Å². The number of carbonyl (C=O) groups excluding carboxylic acids is 3. The van der Waals surface area contributed by atoms with Gasteiger partial charge in [-0.25, -0.2) is 22.0 Å².